The number of carbonyl (C=O) groups excluding carboxylic acids is 2. The molecular weight excluding hydrogens is 426 g/mol. The van der Waals surface area contributed by atoms with Crippen LogP contribution in [0.3, 0.4) is 0 Å². The number of hydrogen-bond donors (Lipinski definition) is 1. The second kappa shape index (κ2) is 8.49. The Labute approximate surface area is 199 Å². The first-order valence-electron chi connectivity index (χ1n) is 12.5. The number of hydrogen-bond acceptors (Lipinski definition) is 3. The first-order valence-corrected chi connectivity index (χ1v) is 12.5. The van der Waals surface area contributed by atoms with Gasteiger partial charge in [0.2, 0.25) is 11.8 Å². The SMILES string of the molecule is COc1ccccc1C1c2[nH]c3ccccc3c2C[C@H]2C(=O)N(C3CCCCCC3)CC(=O)N12. The molecule has 3 heterocycles. The maximum atomic E-state index is 14.0. The molecule has 1 unspecified atom stereocenters. The zero-order valence-corrected chi connectivity index (χ0v) is 19.6. The van der Waals surface area contributed by atoms with Crippen LogP contribution < -0.4 is 4.74 Å². The largest absolute Gasteiger partial charge is 0.496 e. The van der Waals surface area contributed by atoms with Gasteiger partial charge in [-0.05, 0) is 30.5 Å². The third-order valence-corrected chi connectivity index (χ3v) is 7.99. The highest BCUT2D eigenvalue weighted by atomic mass is 16.5. The molecule has 0 radical (unpaired) electrons. The van der Waals surface area contributed by atoms with Crippen LogP contribution in [0.25, 0.3) is 10.9 Å². The van der Waals surface area contributed by atoms with Crippen LogP contribution in [0.5, 0.6) is 5.75 Å². The van der Waals surface area contributed by atoms with Crippen molar-refractivity contribution in [1.82, 2.24) is 14.8 Å². The normalized spacial score (nSPS) is 23.6. The van der Waals surface area contributed by atoms with Crippen molar-refractivity contribution in [3.05, 3.63) is 65.4 Å². The van der Waals surface area contributed by atoms with E-state index in [1.165, 1.54) is 12.8 Å². The number of carbonyl (C=O) groups is 2. The molecule has 1 saturated heterocycles. The van der Waals surface area contributed by atoms with Crippen molar-refractivity contribution >= 4 is 22.7 Å². The number of methoxy groups -OCH3 is 1. The van der Waals surface area contributed by atoms with Crippen LogP contribution in [0.15, 0.2) is 48.5 Å². The average molecular weight is 458 g/mol. The maximum absolute atomic E-state index is 14.0. The van der Waals surface area contributed by atoms with Gasteiger partial charge in [-0.1, -0.05) is 62.1 Å². The molecule has 176 valence electrons. The quantitative estimate of drug-likeness (QED) is 0.586. The molecule has 6 heteroatoms. The molecule has 1 aromatic heterocycles. The monoisotopic (exact) mass is 457 g/mol. The number of piperazine rings is 1. The molecule has 3 aliphatic rings. The lowest BCUT2D eigenvalue weighted by atomic mass is 9.85. The summed E-state index contributed by atoms with van der Waals surface area (Å²) in [5, 5.41) is 1.13. The summed E-state index contributed by atoms with van der Waals surface area (Å²) < 4.78 is 5.71. The Kier molecular flexibility index (Phi) is 5.31. The minimum absolute atomic E-state index is 0.0223. The lowest BCUT2D eigenvalue weighted by molar-refractivity contribution is -0.161. The summed E-state index contributed by atoms with van der Waals surface area (Å²) in [5.41, 5.74) is 4.07. The van der Waals surface area contributed by atoms with Crippen LogP contribution >= 0.6 is 0 Å². The Bertz CT molecular complexity index is 1240. The molecule has 2 atom stereocenters. The lowest BCUT2D eigenvalue weighted by Gasteiger charge is -2.48. The molecule has 1 N–H and O–H groups in total. The van der Waals surface area contributed by atoms with E-state index in [1.54, 1.807) is 7.11 Å². The fourth-order valence-electron chi connectivity index (χ4n) is 6.38. The van der Waals surface area contributed by atoms with Crippen molar-refractivity contribution in [1.29, 1.82) is 0 Å². The molecule has 2 aliphatic heterocycles. The van der Waals surface area contributed by atoms with Crippen molar-refractivity contribution < 1.29 is 14.3 Å². The fraction of sp³-hybridized carbons (Fsp3) is 0.429. The summed E-state index contributed by atoms with van der Waals surface area (Å²) in [5.74, 6) is 0.848. The Morgan fingerprint density at radius 1 is 0.941 bits per heavy atom. The molecular formula is C28H31N3O3. The minimum Gasteiger partial charge on any atom is -0.496 e. The van der Waals surface area contributed by atoms with Gasteiger partial charge in [0.15, 0.2) is 0 Å². The summed E-state index contributed by atoms with van der Waals surface area (Å²) in [6.07, 6.45) is 7.24. The van der Waals surface area contributed by atoms with Crippen molar-refractivity contribution in [3.8, 4) is 5.75 Å². The van der Waals surface area contributed by atoms with E-state index in [2.05, 4.69) is 17.1 Å². The van der Waals surface area contributed by atoms with Gasteiger partial charge in [0.05, 0.1) is 7.11 Å². The molecule has 1 aliphatic carbocycles. The lowest BCUT2D eigenvalue weighted by Crippen LogP contribution is -2.64. The topological polar surface area (TPSA) is 65.6 Å². The number of rotatable bonds is 3. The van der Waals surface area contributed by atoms with Crippen molar-refractivity contribution in [2.24, 2.45) is 0 Å². The summed E-state index contributed by atoms with van der Waals surface area (Å²) >= 11 is 0. The number of H-pyrrole nitrogens is 1. The number of aromatic amines is 1. The van der Waals surface area contributed by atoms with Gasteiger partial charge in [-0.25, -0.2) is 0 Å². The molecule has 0 bridgehead atoms. The Morgan fingerprint density at radius 3 is 2.47 bits per heavy atom. The molecule has 1 saturated carbocycles. The van der Waals surface area contributed by atoms with E-state index in [4.69, 9.17) is 4.74 Å². The van der Waals surface area contributed by atoms with E-state index in [9.17, 15) is 9.59 Å². The van der Waals surface area contributed by atoms with Gasteiger partial charge in [-0.3, -0.25) is 9.59 Å². The van der Waals surface area contributed by atoms with Crippen LogP contribution in [0.1, 0.15) is 61.4 Å². The summed E-state index contributed by atoms with van der Waals surface area (Å²) in [4.78, 5) is 35.1. The Balaban J connectivity index is 1.49. The highest BCUT2D eigenvalue weighted by Crippen LogP contribution is 2.45. The first kappa shape index (κ1) is 21.3. The van der Waals surface area contributed by atoms with Gasteiger partial charge in [0.25, 0.3) is 0 Å². The van der Waals surface area contributed by atoms with Gasteiger partial charge in [0, 0.05) is 34.6 Å². The number of nitrogens with zero attached hydrogens (tertiary/aromatic N) is 2. The third-order valence-electron chi connectivity index (χ3n) is 7.99. The van der Waals surface area contributed by atoms with Crippen LogP contribution in [-0.4, -0.2) is 52.3 Å². The Morgan fingerprint density at radius 2 is 1.68 bits per heavy atom. The number of amides is 2. The summed E-state index contributed by atoms with van der Waals surface area (Å²) in [7, 11) is 1.65. The highest BCUT2D eigenvalue weighted by Gasteiger charge is 2.49. The Hall–Kier alpha value is -3.28. The van der Waals surface area contributed by atoms with E-state index in [1.807, 2.05) is 46.2 Å². The van der Waals surface area contributed by atoms with E-state index in [-0.39, 0.29) is 30.4 Å². The molecule has 2 aromatic carbocycles. The predicted octanol–water partition coefficient (Wildman–Crippen LogP) is 4.58. The van der Waals surface area contributed by atoms with Crippen LogP contribution in [0.4, 0.5) is 0 Å². The minimum atomic E-state index is -0.494. The number of aromatic nitrogens is 1. The maximum Gasteiger partial charge on any atom is 0.246 e. The molecule has 2 fully saturated rings. The number of fused-ring (bicyclic) bond motifs is 4. The van der Waals surface area contributed by atoms with E-state index in [0.29, 0.717) is 6.42 Å². The molecule has 34 heavy (non-hydrogen) atoms. The van der Waals surface area contributed by atoms with E-state index in [0.717, 1.165) is 59.2 Å². The second-order valence-corrected chi connectivity index (χ2v) is 9.84. The fourth-order valence-corrected chi connectivity index (χ4v) is 6.38. The molecule has 6 nitrogen and oxygen atoms in total. The second-order valence-electron chi connectivity index (χ2n) is 9.84. The molecule has 2 amide bonds. The molecule has 0 spiro atoms. The van der Waals surface area contributed by atoms with Gasteiger partial charge in [0.1, 0.15) is 24.4 Å². The van der Waals surface area contributed by atoms with Crippen molar-refractivity contribution in [2.45, 2.75) is 63.1 Å². The third kappa shape index (κ3) is 3.30. The molecule has 6 rings (SSSR count). The van der Waals surface area contributed by atoms with Gasteiger partial charge in [-0.15, -0.1) is 0 Å². The predicted molar refractivity (Wildman–Crippen MR) is 131 cm³/mol. The first-order chi connectivity index (χ1) is 16.7. The number of benzene rings is 2. The number of para-hydroxylation sites is 2. The summed E-state index contributed by atoms with van der Waals surface area (Å²) in [6, 6.07) is 15.4. The molecule has 3 aromatic rings. The highest BCUT2D eigenvalue weighted by molar-refractivity contribution is 5.98. The van der Waals surface area contributed by atoms with E-state index >= 15 is 0 Å². The standard InChI is InChI=1S/C28H31N3O3/c1-34-24-15-9-7-13-20(24)27-26-21(19-12-6-8-14-22(19)29-26)16-23-28(33)30(17-25(32)31(23)27)18-10-4-2-3-5-11-18/h6-9,12-15,18,23,27,29H,2-5,10-11,16-17H2,1H3/t23-,27?/m0/s1. The smallest absolute Gasteiger partial charge is 0.246 e. The van der Waals surface area contributed by atoms with Gasteiger partial charge >= 0.3 is 0 Å². The zero-order valence-electron chi connectivity index (χ0n) is 19.6. The van der Waals surface area contributed by atoms with Gasteiger partial charge in [-0.2, -0.15) is 0 Å². The van der Waals surface area contributed by atoms with Gasteiger partial charge < -0.3 is 19.5 Å². The van der Waals surface area contributed by atoms with E-state index < -0.39 is 6.04 Å². The number of nitrogens with one attached hydrogen (secondary N) is 1. The van der Waals surface area contributed by atoms with Crippen LogP contribution in [0.2, 0.25) is 0 Å². The van der Waals surface area contributed by atoms with Crippen LogP contribution in [0, 0.1) is 0 Å². The summed E-state index contributed by atoms with van der Waals surface area (Å²) in [6.45, 7) is 0.168. The van der Waals surface area contributed by atoms with Crippen molar-refractivity contribution in [2.75, 3.05) is 13.7 Å². The van der Waals surface area contributed by atoms with Crippen LogP contribution in [-0.2, 0) is 16.0 Å². The average Bonchev–Trinajstić information content (AvgIpc) is 3.03. The number of ether oxygens (including phenoxy) is 1. The van der Waals surface area contributed by atoms with Crippen molar-refractivity contribution in [3.63, 3.8) is 0 Å². The zero-order chi connectivity index (χ0) is 23.2.